The van der Waals surface area contributed by atoms with Crippen molar-refractivity contribution >= 4 is 5.91 Å². The number of nitriles is 1. The van der Waals surface area contributed by atoms with Crippen molar-refractivity contribution in [3.05, 3.63) is 64.7 Å². The molecular formula is C24H29N3O2. The molecule has 1 N–H and O–H groups in total. The lowest BCUT2D eigenvalue weighted by molar-refractivity contribution is -0.129. The highest BCUT2D eigenvalue weighted by Crippen LogP contribution is 2.22. The van der Waals surface area contributed by atoms with Gasteiger partial charge in [-0.15, -0.1) is 0 Å². The van der Waals surface area contributed by atoms with Crippen LogP contribution in [0.3, 0.4) is 0 Å². The second-order valence-corrected chi connectivity index (χ2v) is 7.93. The molecule has 1 amide bonds. The third-order valence-corrected chi connectivity index (χ3v) is 5.23. The molecule has 0 spiro atoms. The van der Waals surface area contributed by atoms with Crippen LogP contribution < -0.4 is 10.1 Å². The van der Waals surface area contributed by atoms with Crippen molar-refractivity contribution in [3.63, 3.8) is 0 Å². The van der Waals surface area contributed by atoms with Crippen molar-refractivity contribution in [1.29, 1.82) is 5.26 Å². The molecule has 0 aromatic heterocycles. The maximum atomic E-state index is 11.6. The molecule has 152 valence electrons. The van der Waals surface area contributed by atoms with Gasteiger partial charge >= 0.3 is 0 Å². The number of amides is 1. The first-order chi connectivity index (χ1) is 14.0. The molecule has 29 heavy (non-hydrogen) atoms. The topological polar surface area (TPSA) is 65.4 Å². The maximum absolute atomic E-state index is 11.6. The molecule has 1 aliphatic heterocycles. The van der Waals surface area contributed by atoms with E-state index in [4.69, 9.17) is 4.74 Å². The third kappa shape index (κ3) is 5.58. The fourth-order valence-electron chi connectivity index (χ4n) is 3.60. The Morgan fingerprint density at radius 2 is 1.76 bits per heavy atom. The van der Waals surface area contributed by atoms with Crippen molar-refractivity contribution < 1.29 is 9.53 Å². The Balaban J connectivity index is 1.50. The Kier molecular flexibility index (Phi) is 6.90. The summed E-state index contributed by atoms with van der Waals surface area (Å²) in [6.07, 6.45) is 1.87. The van der Waals surface area contributed by atoms with Crippen LogP contribution in [0.15, 0.2) is 42.5 Å². The van der Waals surface area contributed by atoms with Gasteiger partial charge in [-0.1, -0.05) is 30.3 Å². The molecule has 0 aliphatic carbocycles. The van der Waals surface area contributed by atoms with Gasteiger partial charge < -0.3 is 10.1 Å². The van der Waals surface area contributed by atoms with E-state index in [0.29, 0.717) is 11.3 Å². The van der Waals surface area contributed by atoms with Crippen LogP contribution in [0.1, 0.15) is 36.1 Å². The SMILES string of the molecule is CNC(=O)C1CN(Cc2ccc(CCc3ccc(OC(C)C)c(C#N)c3)cc2)C1. The number of hydrogen-bond acceptors (Lipinski definition) is 4. The number of carbonyl (C=O) groups excluding carboxylic acids is 1. The van der Waals surface area contributed by atoms with Crippen LogP contribution in [0.2, 0.25) is 0 Å². The van der Waals surface area contributed by atoms with Crippen LogP contribution >= 0.6 is 0 Å². The van der Waals surface area contributed by atoms with Crippen molar-refractivity contribution in [2.24, 2.45) is 5.92 Å². The van der Waals surface area contributed by atoms with Crippen LogP contribution in [0, 0.1) is 17.2 Å². The molecule has 0 radical (unpaired) electrons. The average Bonchev–Trinajstić information content (AvgIpc) is 2.69. The van der Waals surface area contributed by atoms with E-state index in [-0.39, 0.29) is 17.9 Å². The Bertz CT molecular complexity index is 878. The van der Waals surface area contributed by atoms with Crippen LogP contribution in [0.5, 0.6) is 5.75 Å². The van der Waals surface area contributed by atoms with Gasteiger partial charge in [0.1, 0.15) is 11.8 Å². The van der Waals surface area contributed by atoms with Crippen LogP contribution in [-0.4, -0.2) is 37.0 Å². The standard InChI is InChI=1S/C24H29N3O2/c1-17(2)29-23-11-10-19(12-21(23)13-25)7-4-18-5-8-20(9-6-18)14-27-15-22(16-27)24(28)26-3/h5-6,8-12,17,22H,4,7,14-16H2,1-3H3,(H,26,28). The van der Waals surface area contributed by atoms with Crippen LogP contribution in [0.4, 0.5) is 0 Å². The predicted molar refractivity (Wildman–Crippen MR) is 114 cm³/mol. The van der Waals surface area contributed by atoms with Crippen molar-refractivity contribution in [2.75, 3.05) is 20.1 Å². The Morgan fingerprint density at radius 3 is 2.38 bits per heavy atom. The number of nitrogens with zero attached hydrogens (tertiary/aromatic N) is 2. The van der Waals surface area contributed by atoms with Crippen molar-refractivity contribution in [3.8, 4) is 11.8 Å². The van der Waals surface area contributed by atoms with Gasteiger partial charge in [-0.3, -0.25) is 9.69 Å². The lowest BCUT2D eigenvalue weighted by atomic mass is 9.97. The molecular weight excluding hydrogens is 362 g/mol. The number of nitrogens with one attached hydrogen (secondary N) is 1. The summed E-state index contributed by atoms with van der Waals surface area (Å²) in [5.74, 6) is 0.926. The van der Waals surface area contributed by atoms with E-state index in [1.165, 1.54) is 11.1 Å². The molecule has 2 aromatic carbocycles. The number of hydrogen-bond donors (Lipinski definition) is 1. The summed E-state index contributed by atoms with van der Waals surface area (Å²) in [6.45, 7) is 6.47. The minimum atomic E-state index is 0.0532. The normalized spacial score (nSPS) is 14.3. The largest absolute Gasteiger partial charge is 0.490 e. The highest BCUT2D eigenvalue weighted by molar-refractivity contribution is 5.79. The molecule has 0 unspecified atom stereocenters. The van der Waals surface area contributed by atoms with Gasteiger partial charge in [0.2, 0.25) is 5.91 Å². The number of likely N-dealkylation sites (tertiary alicyclic amines) is 1. The molecule has 5 heteroatoms. The number of ether oxygens (including phenoxy) is 1. The molecule has 1 saturated heterocycles. The number of aryl methyl sites for hydroxylation is 2. The van der Waals surface area contributed by atoms with Crippen molar-refractivity contribution in [2.45, 2.75) is 39.3 Å². The molecule has 2 aromatic rings. The van der Waals surface area contributed by atoms with Crippen LogP contribution in [-0.2, 0) is 24.2 Å². The lowest BCUT2D eigenvalue weighted by Gasteiger charge is -2.38. The number of carbonyl (C=O) groups is 1. The fourth-order valence-corrected chi connectivity index (χ4v) is 3.60. The van der Waals surface area contributed by atoms with Gasteiger partial charge in [0, 0.05) is 26.7 Å². The van der Waals surface area contributed by atoms with E-state index in [1.807, 2.05) is 32.0 Å². The molecule has 0 saturated carbocycles. The quantitative estimate of drug-likeness (QED) is 0.750. The third-order valence-electron chi connectivity index (χ3n) is 5.23. The fraction of sp³-hybridized carbons (Fsp3) is 0.417. The summed E-state index contributed by atoms with van der Waals surface area (Å²) in [6, 6.07) is 16.8. The number of rotatable bonds is 8. The van der Waals surface area contributed by atoms with E-state index in [0.717, 1.165) is 38.0 Å². The second-order valence-electron chi connectivity index (χ2n) is 7.93. The first-order valence-corrected chi connectivity index (χ1v) is 10.2. The molecule has 3 rings (SSSR count). The lowest BCUT2D eigenvalue weighted by Crippen LogP contribution is -2.52. The molecule has 1 fully saturated rings. The molecule has 0 atom stereocenters. The summed E-state index contributed by atoms with van der Waals surface area (Å²) < 4.78 is 5.69. The van der Waals surface area contributed by atoms with E-state index >= 15 is 0 Å². The Labute approximate surface area is 173 Å². The zero-order valence-corrected chi connectivity index (χ0v) is 17.4. The Morgan fingerprint density at radius 1 is 1.14 bits per heavy atom. The summed E-state index contributed by atoms with van der Waals surface area (Å²) in [5.41, 5.74) is 4.28. The summed E-state index contributed by atoms with van der Waals surface area (Å²) in [4.78, 5) is 13.9. The zero-order chi connectivity index (χ0) is 20.8. The van der Waals surface area contributed by atoms with E-state index in [2.05, 4.69) is 40.6 Å². The second kappa shape index (κ2) is 9.58. The van der Waals surface area contributed by atoms with Crippen molar-refractivity contribution in [1.82, 2.24) is 10.2 Å². The zero-order valence-electron chi connectivity index (χ0n) is 17.4. The highest BCUT2D eigenvalue weighted by Gasteiger charge is 2.31. The highest BCUT2D eigenvalue weighted by atomic mass is 16.5. The van der Waals surface area contributed by atoms with E-state index in [1.54, 1.807) is 7.05 Å². The van der Waals surface area contributed by atoms with E-state index < -0.39 is 0 Å². The van der Waals surface area contributed by atoms with Gasteiger partial charge in [-0.05, 0) is 55.5 Å². The first-order valence-electron chi connectivity index (χ1n) is 10.2. The molecule has 5 nitrogen and oxygen atoms in total. The van der Waals surface area contributed by atoms with Gasteiger partial charge in [0.25, 0.3) is 0 Å². The minimum Gasteiger partial charge on any atom is -0.490 e. The van der Waals surface area contributed by atoms with E-state index in [9.17, 15) is 10.1 Å². The van der Waals surface area contributed by atoms with Gasteiger partial charge in [0.05, 0.1) is 17.6 Å². The van der Waals surface area contributed by atoms with Gasteiger partial charge in [-0.25, -0.2) is 0 Å². The van der Waals surface area contributed by atoms with Gasteiger partial charge in [0.15, 0.2) is 0 Å². The predicted octanol–water partition coefficient (Wildman–Crippen LogP) is 3.31. The minimum absolute atomic E-state index is 0.0532. The summed E-state index contributed by atoms with van der Waals surface area (Å²) in [7, 11) is 1.69. The maximum Gasteiger partial charge on any atom is 0.225 e. The average molecular weight is 392 g/mol. The molecule has 0 bridgehead atoms. The Hall–Kier alpha value is -2.84. The monoisotopic (exact) mass is 391 g/mol. The first kappa shape index (κ1) is 20.9. The number of benzene rings is 2. The smallest absolute Gasteiger partial charge is 0.225 e. The van der Waals surface area contributed by atoms with Gasteiger partial charge in [-0.2, -0.15) is 5.26 Å². The van der Waals surface area contributed by atoms with Crippen LogP contribution in [0.25, 0.3) is 0 Å². The summed E-state index contributed by atoms with van der Waals surface area (Å²) >= 11 is 0. The summed E-state index contributed by atoms with van der Waals surface area (Å²) in [5, 5.41) is 12.1. The molecule has 1 heterocycles. The molecule has 1 aliphatic rings.